The van der Waals surface area contributed by atoms with Gasteiger partial charge in [-0.2, -0.15) is 11.8 Å². The molecule has 4 unspecified atom stereocenters. The lowest BCUT2D eigenvalue weighted by Gasteiger charge is -2.24. The molecule has 4 amide bonds. The first-order valence-corrected chi connectivity index (χ1v) is 10.8. The average Bonchev–Trinajstić information content (AvgIpc) is 2.71. The number of aliphatic hydroxyl groups is 1. The van der Waals surface area contributed by atoms with E-state index in [1.54, 1.807) is 0 Å². The highest BCUT2D eigenvalue weighted by Gasteiger charge is 2.31. The van der Waals surface area contributed by atoms with Crippen LogP contribution in [0.1, 0.15) is 25.7 Å². The topological polar surface area (TPSA) is 251 Å². The maximum Gasteiger partial charge on any atom is 0.328 e. The van der Waals surface area contributed by atoms with Crippen LogP contribution in [0.15, 0.2) is 0 Å². The molecule has 0 rings (SSSR count). The van der Waals surface area contributed by atoms with E-state index in [-0.39, 0.29) is 6.42 Å². The number of carbonyl (C=O) groups excluding carboxylic acids is 4. The highest BCUT2D eigenvalue weighted by atomic mass is 32.2. The molecule has 0 fully saturated rings. The van der Waals surface area contributed by atoms with Crippen molar-refractivity contribution in [1.82, 2.24) is 16.0 Å². The molecule has 0 aromatic rings. The van der Waals surface area contributed by atoms with Gasteiger partial charge in [0.2, 0.25) is 23.6 Å². The first kappa shape index (κ1) is 29.1. The van der Waals surface area contributed by atoms with Crippen molar-refractivity contribution in [3.05, 3.63) is 0 Å². The van der Waals surface area contributed by atoms with Crippen molar-refractivity contribution in [2.75, 3.05) is 18.6 Å². The number of carboxylic acids is 2. The monoisotopic (exact) mass is 479 g/mol. The summed E-state index contributed by atoms with van der Waals surface area (Å²) in [7, 11) is 0. The van der Waals surface area contributed by atoms with Gasteiger partial charge in [0.1, 0.15) is 18.1 Å². The van der Waals surface area contributed by atoms with Crippen LogP contribution in [0.2, 0.25) is 0 Å². The number of primary amides is 1. The number of carbonyl (C=O) groups is 6. The SMILES string of the molecule is CSCCC(N)C(=O)NC(CCC(=O)O)C(=O)NC(CC(N)=O)C(=O)NC(CO)C(=O)O. The molecule has 182 valence electrons. The maximum absolute atomic E-state index is 12.7. The van der Waals surface area contributed by atoms with Gasteiger partial charge in [0.05, 0.1) is 19.1 Å². The number of nitrogens with one attached hydrogen (secondary N) is 3. The second-order valence-electron chi connectivity index (χ2n) is 6.70. The van der Waals surface area contributed by atoms with E-state index in [1.165, 1.54) is 11.8 Å². The molecule has 0 heterocycles. The van der Waals surface area contributed by atoms with Gasteiger partial charge in [0.25, 0.3) is 0 Å². The Morgan fingerprint density at radius 2 is 1.41 bits per heavy atom. The Labute approximate surface area is 187 Å². The van der Waals surface area contributed by atoms with Gasteiger partial charge in [-0.3, -0.25) is 24.0 Å². The zero-order valence-electron chi connectivity index (χ0n) is 17.4. The van der Waals surface area contributed by atoms with Gasteiger partial charge in [0, 0.05) is 6.42 Å². The molecule has 32 heavy (non-hydrogen) atoms. The molecule has 0 aliphatic carbocycles. The van der Waals surface area contributed by atoms with E-state index >= 15 is 0 Å². The average molecular weight is 480 g/mol. The zero-order chi connectivity index (χ0) is 24.8. The minimum atomic E-state index is -1.70. The van der Waals surface area contributed by atoms with Crippen LogP contribution in [0.3, 0.4) is 0 Å². The minimum Gasteiger partial charge on any atom is -0.481 e. The highest BCUT2D eigenvalue weighted by molar-refractivity contribution is 7.98. The van der Waals surface area contributed by atoms with Crippen LogP contribution in [-0.2, 0) is 28.8 Å². The molecule has 14 nitrogen and oxygen atoms in total. The van der Waals surface area contributed by atoms with Gasteiger partial charge < -0.3 is 42.7 Å². The van der Waals surface area contributed by atoms with Crippen LogP contribution in [0, 0.1) is 0 Å². The Bertz CT molecular complexity index is 706. The van der Waals surface area contributed by atoms with Crippen LogP contribution in [0.4, 0.5) is 0 Å². The molecule has 0 aliphatic rings. The summed E-state index contributed by atoms with van der Waals surface area (Å²) >= 11 is 1.45. The number of thioether (sulfide) groups is 1. The Morgan fingerprint density at radius 3 is 1.88 bits per heavy atom. The van der Waals surface area contributed by atoms with E-state index in [2.05, 4.69) is 10.6 Å². The standard InChI is InChI=1S/C17H29N5O9S/c1-32-5-4-8(18)14(27)20-9(2-3-13(25)26)15(28)21-10(6-12(19)24)16(29)22-11(7-23)17(30)31/h8-11,23H,2-7,18H2,1H3,(H2,19,24)(H,20,27)(H,21,28)(H,22,29)(H,25,26)(H,30,31). The predicted molar refractivity (Wildman–Crippen MR) is 112 cm³/mol. The molecule has 10 N–H and O–H groups in total. The fourth-order valence-electron chi connectivity index (χ4n) is 2.33. The summed E-state index contributed by atoms with van der Waals surface area (Å²) < 4.78 is 0. The lowest BCUT2D eigenvalue weighted by molar-refractivity contribution is -0.143. The largest absolute Gasteiger partial charge is 0.481 e. The molecule has 4 atom stereocenters. The van der Waals surface area contributed by atoms with Gasteiger partial charge in [-0.05, 0) is 24.9 Å². The van der Waals surface area contributed by atoms with Crippen molar-refractivity contribution in [2.24, 2.45) is 11.5 Å². The molecule has 0 spiro atoms. The number of carboxylic acid groups (broad SMARTS) is 2. The Kier molecular flexibility index (Phi) is 13.6. The molecule has 0 bridgehead atoms. The van der Waals surface area contributed by atoms with E-state index in [0.29, 0.717) is 12.2 Å². The third-order valence-corrected chi connectivity index (χ3v) is 4.73. The molecule has 0 radical (unpaired) electrons. The van der Waals surface area contributed by atoms with E-state index in [1.807, 2.05) is 11.6 Å². The summed E-state index contributed by atoms with van der Waals surface area (Å²) in [5.41, 5.74) is 10.8. The summed E-state index contributed by atoms with van der Waals surface area (Å²) in [4.78, 5) is 70.4. The van der Waals surface area contributed by atoms with Crippen molar-refractivity contribution in [3.8, 4) is 0 Å². The Hall–Kier alpha value is -2.91. The first-order valence-electron chi connectivity index (χ1n) is 9.42. The van der Waals surface area contributed by atoms with Crippen molar-refractivity contribution in [2.45, 2.75) is 49.9 Å². The van der Waals surface area contributed by atoms with Crippen molar-refractivity contribution < 1.29 is 44.1 Å². The molecule has 0 aromatic carbocycles. The second-order valence-corrected chi connectivity index (χ2v) is 7.68. The van der Waals surface area contributed by atoms with E-state index in [4.69, 9.17) is 26.8 Å². The molecular weight excluding hydrogens is 450 g/mol. The lowest BCUT2D eigenvalue weighted by atomic mass is 10.1. The van der Waals surface area contributed by atoms with Gasteiger partial charge in [-0.15, -0.1) is 0 Å². The molecule has 0 saturated carbocycles. The minimum absolute atomic E-state index is 0.296. The fraction of sp³-hybridized carbons (Fsp3) is 0.647. The van der Waals surface area contributed by atoms with Crippen LogP contribution < -0.4 is 27.4 Å². The normalized spacial score (nSPS) is 14.3. The van der Waals surface area contributed by atoms with Gasteiger partial charge >= 0.3 is 11.9 Å². The molecule has 0 saturated heterocycles. The van der Waals surface area contributed by atoms with Crippen molar-refractivity contribution in [1.29, 1.82) is 0 Å². The summed E-state index contributed by atoms with van der Waals surface area (Å²) in [6.07, 6.45) is 0.536. The number of amides is 4. The smallest absolute Gasteiger partial charge is 0.328 e. The number of nitrogens with two attached hydrogens (primary N) is 2. The third kappa shape index (κ3) is 11.5. The summed E-state index contributed by atoms with van der Waals surface area (Å²) in [6, 6.07) is -5.71. The number of hydrogen-bond acceptors (Lipinski definition) is 9. The van der Waals surface area contributed by atoms with Gasteiger partial charge in [0.15, 0.2) is 0 Å². The van der Waals surface area contributed by atoms with Crippen molar-refractivity contribution >= 4 is 47.3 Å². The lowest BCUT2D eigenvalue weighted by Crippen LogP contribution is -2.58. The number of hydrogen-bond donors (Lipinski definition) is 8. The zero-order valence-corrected chi connectivity index (χ0v) is 18.2. The van der Waals surface area contributed by atoms with Gasteiger partial charge in [-0.1, -0.05) is 0 Å². The van der Waals surface area contributed by atoms with Crippen LogP contribution in [0.5, 0.6) is 0 Å². The Morgan fingerprint density at radius 1 is 0.875 bits per heavy atom. The second kappa shape index (κ2) is 15.0. The predicted octanol–water partition coefficient (Wildman–Crippen LogP) is -3.66. The van der Waals surface area contributed by atoms with E-state index in [0.717, 1.165) is 0 Å². The quantitative estimate of drug-likeness (QED) is 0.107. The highest BCUT2D eigenvalue weighted by Crippen LogP contribution is 2.04. The summed E-state index contributed by atoms with van der Waals surface area (Å²) in [5, 5.41) is 33.2. The molecule has 0 aromatic heterocycles. The maximum atomic E-state index is 12.7. The van der Waals surface area contributed by atoms with Crippen LogP contribution in [-0.4, -0.2) is 93.7 Å². The number of aliphatic hydroxyl groups excluding tert-OH is 1. The molecule has 0 aliphatic heterocycles. The van der Waals surface area contributed by atoms with Crippen LogP contribution >= 0.6 is 11.8 Å². The molecule has 15 heteroatoms. The number of rotatable bonds is 16. The van der Waals surface area contributed by atoms with Crippen LogP contribution in [0.25, 0.3) is 0 Å². The molecular formula is C17H29N5O9S. The summed E-state index contributed by atoms with van der Waals surface area (Å²) in [5.74, 6) is -6.10. The van der Waals surface area contributed by atoms with E-state index < -0.39 is 79.2 Å². The van der Waals surface area contributed by atoms with E-state index in [9.17, 15) is 28.8 Å². The fourth-order valence-corrected chi connectivity index (χ4v) is 2.82. The van der Waals surface area contributed by atoms with Gasteiger partial charge in [-0.25, -0.2) is 4.79 Å². The Balaban J connectivity index is 5.45. The van der Waals surface area contributed by atoms with Crippen molar-refractivity contribution in [3.63, 3.8) is 0 Å². The third-order valence-electron chi connectivity index (χ3n) is 4.09. The number of aliphatic carboxylic acids is 2. The first-order chi connectivity index (χ1) is 14.9. The summed E-state index contributed by atoms with van der Waals surface area (Å²) in [6.45, 7) is -0.955.